The van der Waals surface area contributed by atoms with E-state index in [9.17, 15) is 18.3 Å². The van der Waals surface area contributed by atoms with Crippen LogP contribution in [0.5, 0.6) is 5.75 Å². The van der Waals surface area contributed by atoms with Gasteiger partial charge in [0.25, 0.3) is 5.91 Å². The third-order valence-electron chi connectivity index (χ3n) is 10.6. The van der Waals surface area contributed by atoms with Crippen LogP contribution in [0.1, 0.15) is 79.3 Å². The first-order valence-electron chi connectivity index (χ1n) is 15.9. The maximum absolute atomic E-state index is 13.5. The summed E-state index contributed by atoms with van der Waals surface area (Å²) in [5, 5.41) is 11.3. The van der Waals surface area contributed by atoms with Crippen LogP contribution in [0.2, 0.25) is 5.02 Å². The molecule has 2 heterocycles. The van der Waals surface area contributed by atoms with Crippen LogP contribution < -0.4 is 14.4 Å². The minimum Gasteiger partial charge on any atom is -0.490 e. The highest BCUT2D eigenvalue weighted by Crippen LogP contribution is 2.47. The highest BCUT2D eigenvalue weighted by Gasteiger charge is 2.44. The fraction of sp³-hybridized carbons (Fsp3) is 0.559. The number of carbonyl (C=O) groups is 1. The average molecular weight is 625 g/mol. The number of benzene rings is 2. The molecular formula is C34H41ClN2O5S. The van der Waals surface area contributed by atoms with Crippen LogP contribution in [-0.4, -0.2) is 50.5 Å². The van der Waals surface area contributed by atoms with Crippen molar-refractivity contribution in [3.8, 4) is 5.75 Å². The lowest BCUT2D eigenvalue weighted by Crippen LogP contribution is -2.49. The van der Waals surface area contributed by atoms with Gasteiger partial charge in [-0.3, -0.25) is 4.79 Å². The van der Waals surface area contributed by atoms with E-state index in [2.05, 4.69) is 21.8 Å². The van der Waals surface area contributed by atoms with Crippen molar-refractivity contribution in [2.45, 2.75) is 81.0 Å². The number of aryl methyl sites for hydroxylation is 1. The van der Waals surface area contributed by atoms with Crippen molar-refractivity contribution in [1.29, 1.82) is 0 Å². The average Bonchev–Trinajstić information content (AvgIpc) is 3.79. The van der Waals surface area contributed by atoms with Gasteiger partial charge in [-0.05, 0) is 111 Å². The van der Waals surface area contributed by atoms with E-state index in [1.54, 1.807) is 12.1 Å². The van der Waals surface area contributed by atoms with E-state index in [4.69, 9.17) is 16.3 Å². The molecule has 7 rings (SSSR count). The second-order valence-corrected chi connectivity index (χ2v) is 16.0. The Morgan fingerprint density at radius 3 is 2.74 bits per heavy atom. The van der Waals surface area contributed by atoms with Crippen molar-refractivity contribution < 1.29 is 23.1 Å². The summed E-state index contributed by atoms with van der Waals surface area (Å²) in [5.74, 6) is 0.937. The fourth-order valence-electron chi connectivity index (χ4n) is 7.87. The normalized spacial score (nSPS) is 32.8. The monoisotopic (exact) mass is 624 g/mol. The molecule has 3 aliphatic carbocycles. The van der Waals surface area contributed by atoms with Crippen molar-refractivity contribution in [2.24, 2.45) is 17.8 Å². The number of hydrogen-bond donors (Lipinski definition) is 2. The SMILES string of the molecule is O=C1NS(=O)(=O)[C@H](CC2CC2)CC/C=C\[C@H](O)[C@@H]2CC[C@H]2CN2C[C@@]3(CCCc4cc(Cl)ccc43)COc3ccc1cc32. The molecule has 0 unspecified atom stereocenters. The standard InChI is InChI=1S/C34H41ClN2O5S/c35-26-11-13-29-23(17-26)4-3-15-34(29)20-37-19-25-9-12-28(25)31(38)6-2-1-5-27(16-22-7-8-22)43(40,41)36-33(39)24-10-14-32(42-21-34)30(37)18-24/h2,6,10-11,13-14,17-18,22,25,27-28,31,38H,1,3-5,7-9,12,15-16,19-21H2,(H,36,39)/b6-2-/t25-,27-,28+,31-,34-/m0/s1. The highest BCUT2D eigenvalue weighted by atomic mass is 35.5. The van der Waals surface area contributed by atoms with Crippen molar-refractivity contribution in [1.82, 2.24) is 4.72 Å². The Balaban J connectivity index is 1.27. The Morgan fingerprint density at radius 1 is 1.09 bits per heavy atom. The Hall–Kier alpha value is -2.55. The first-order valence-corrected chi connectivity index (χ1v) is 17.8. The molecule has 5 aliphatic rings. The van der Waals surface area contributed by atoms with Gasteiger partial charge in [0.2, 0.25) is 10.0 Å². The molecule has 2 bridgehead atoms. The quantitative estimate of drug-likeness (QED) is 0.412. The summed E-state index contributed by atoms with van der Waals surface area (Å²) in [7, 11) is -3.88. The summed E-state index contributed by atoms with van der Waals surface area (Å²) in [4.78, 5) is 15.8. The first kappa shape index (κ1) is 29.2. The number of ether oxygens (including phenoxy) is 1. The molecular weight excluding hydrogens is 584 g/mol. The molecule has 2 N–H and O–H groups in total. The van der Waals surface area contributed by atoms with Crippen LogP contribution >= 0.6 is 11.6 Å². The van der Waals surface area contributed by atoms with Crippen molar-refractivity contribution >= 4 is 33.2 Å². The fourth-order valence-corrected chi connectivity index (χ4v) is 9.58. The highest BCUT2D eigenvalue weighted by molar-refractivity contribution is 7.90. The minimum absolute atomic E-state index is 0.141. The van der Waals surface area contributed by atoms with Crippen molar-refractivity contribution in [3.05, 3.63) is 70.3 Å². The van der Waals surface area contributed by atoms with E-state index in [1.807, 2.05) is 24.3 Å². The summed E-state index contributed by atoms with van der Waals surface area (Å²) in [6, 6.07) is 11.5. The number of nitrogens with one attached hydrogen (secondary N) is 1. The molecule has 0 aromatic heterocycles. The molecule has 43 heavy (non-hydrogen) atoms. The smallest absolute Gasteiger partial charge is 0.264 e. The number of halogens is 1. The van der Waals surface area contributed by atoms with Crippen LogP contribution in [0.15, 0.2) is 48.6 Å². The predicted molar refractivity (Wildman–Crippen MR) is 168 cm³/mol. The van der Waals surface area contributed by atoms with Gasteiger partial charge in [-0.1, -0.05) is 42.7 Å². The molecule has 2 aromatic carbocycles. The van der Waals surface area contributed by atoms with Gasteiger partial charge in [0.15, 0.2) is 0 Å². The lowest BCUT2D eigenvalue weighted by atomic mass is 9.68. The van der Waals surface area contributed by atoms with Gasteiger partial charge in [-0.2, -0.15) is 0 Å². The molecule has 9 heteroatoms. The second kappa shape index (κ2) is 11.4. The summed E-state index contributed by atoms with van der Waals surface area (Å²) in [5.41, 5.74) is 3.39. The lowest BCUT2D eigenvalue weighted by Gasteiger charge is -2.45. The number of hydrogen-bond acceptors (Lipinski definition) is 6. The zero-order valence-corrected chi connectivity index (χ0v) is 26.1. The van der Waals surface area contributed by atoms with E-state index in [0.717, 1.165) is 62.2 Å². The summed E-state index contributed by atoms with van der Waals surface area (Å²) in [6.45, 7) is 1.94. The number of amides is 1. The third kappa shape index (κ3) is 5.83. The molecule has 1 spiro atoms. The number of anilines is 1. The molecule has 1 amide bonds. The number of aliphatic hydroxyl groups is 1. The van der Waals surface area contributed by atoms with Crippen LogP contribution in [0.4, 0.5) is 5.69 Å². The van der Waals surface area contributed by atoms with E-state index in [-0.39, 0.29) is 11.3 Å². The maximum atomic E-state index is 13.5. The Kier molecular flexibility index (Phi) is 7.75. The molecule has 5 atom stereocenters. The van der Waals surface area contributed by atoms with Crippen LogP contribution in [0, 0.1) is 17.8 Å². The minimum atomic E-state index is -3.88. The molecule has 2 fully saturated rings. The molecule has 2 aliphatic heterocycles. The van der Waals surface area contributed by atoms with Gasteiger partial charge in [-0.15, -0.1) is 0 Å². The molecule has 7 nitrogen and oxygen atoms in total. The number of carbonyl (C=O) groups excluding carboxylic acids is 1. The van der Waals surface area contributed by atoms with Gasteiger partial charge >= 0.3 is 0 Å². The summed E-state index contributed by atoms with van der Waals surface area (Å²) >= 11 is 6.40. The van der Waals surface area contributed by atoms with E-state index in [0.29, 0.717) is 55.6 Å². The number of aliphatic hydroxyl groups excluding tert-OH is 1. The molecule has 230 valence electrons. The van der Waals surface area contributed by atoms with Crippen LogP contribution in [-0.2, 0) is 21.9 Å². The first-order chi connectivity index (χ1) is 20.7. The zero-order valence-electron chi connectivity index (χ0n) is 24.5. The summed E-state index contributed by atoms with van der Waals surface area (Å²) < 4.78 is 35.9. The topological polar surface area (TPSA) is 95.9 Å². The van der Waals surface area contributed by atoms with Gasteiger partial charge in [0.1, 0.15) is 5.75 Å². The van der Waals surface area contributed by atoms with Crippen LogP contribution in [0.3, 0.4) is 0 Å². The number of fused-ring (bicyclic) bond motifs is 4. The molecule has 0 saturated heterocycles. The largest absolute Gasteiger partial charge is 0.490 e. The number of allylic oxidation sites excluding steroid dienone is 1. The summed E-state index contributed by atoms with van der Waals surface area (Å²) in [6.07, 6.45) is 11.8. The van der Waals surface area contributed by atoms with Gasteiger partial charge in [-0.25, -0.2) is 13.1 Å². The van der Waals surface area contributed by atoms with Crippen LogP contribution in [0.25, 0.3) is 0 Å². The maximum Gasteiger partial charge on any atom is 0.264 e. The van der Waals surface area contributed by atoms with Gasteiger partial charge in [0, 0.05) is 29.1 Å². The van der Waals surface area contributed by atoms with Gasteiger partial charge < -0.3 is 14.7 Å². The van der Waals surface area contributed by atoms with Gasteiger partial charge in [0.05, 0.1) is 23.6 Å². The molecule has 2 saturated carbocycles. The Morgan fingerprint density at radius 2 is 1.95 bits per heavy atom. The predicted octanol–water partition coefficient (Wildman–Crippen LogP) is 5.78. The van der Waals surface area contributed by atoms with E-state index < -0.39 is 27.3 Å². The lowest BCUT2D eigenvalue weighted by molar-refractivity contribution is 0.0456. The Labute approximate surface area is 259 Å². The van der Waals surface area contributed by atoms with Crippen molar-refractivity contribution in [2.75, 3.05) is 24.6 Å². The van der Waals surface area contributed by atoms with Crippen molar-refractivity contribution in [3.63, 3.8) is 0 Å². The number of sulfonamides is 1. The third-order valence-corrected chi connectivity index (χ3v) is 12.6. The second-order valence-electron chi connectivity index (χ2n) is 13.6. The van der Waals surface area contributed by atoms with E-state index in [1.165, 1.54) is 11.1 Å². The van der Waals surface area contributed by atoms with E-state index >= 15 is 0 Å². The number of rotatable bonds is 2. The Bertz CT molecular complexity index is 1540. The number of nitrogens with zero attached hydrogens (tertiary/aromatic N) is 1. The molecule has 0 radical (unpaired) electrons. The zero-order chi connectivity index (χ0) is 29.8. The molecule has 2 aromatic rings.